The van der Waals surface area contributed by atoms with Crippen LogP contribution in [0.4, 0.5) is 4.39 Å². The molecule has 0 aliphatic heterocycles. The van der Waals surface area contributed by atoms with Crippen LogP contribution in [0.1, 0.15) is 31.9 Å². The first kappa shape index (κ1) is 16.1. The molecule has 1 unspecified atom stereocenters. The predicted octanol–water partition coefficient (Wildman–Crippen LogP) is 2.61. The van der Waals surface area contributed by atoms with Crippen molar-refractivity contribution in [3.8, 4) is 0 Å². The molecular weight excluding hydrogens is 245 g/mol. The zero-order valence-corrected chi connectivity index (χ0v) is 12.0. The number of halogens is 1. The summed E-state index contributed by atoms with van der Waals surface area (Å²) in [5.41, 5.74) is 0.370. The van der Waals surface area contributed by atoms with Gasteiger partial charge in [0.15, 0.2) is 0 Å². The van der Waals surface area contributed by atoms with Crippen LogP contribution in [0, 0.1) is 5.82 Å². The van der Waals surface area contributed by atoms with E-state index < -0.39 is 6.10 Å². The van der Waals surface area contributed by atoms with E-state index in [0.717, 1.165) is 6.54 Å². The summed E-state index contributed by atoms with van der Waals surface area (Å²) in [5.74, 6) is -0.346. The normalized spacial score (nSPS) is 13.2. The van der Waals surface area contributed by atoms with Crippen molar-refractivity contribution in [3.63, 3.8) is 0 Å². The highest BCUT2D eigenvalue weighted by Crippen LogP contribution is 2.19. The van der Waals surface area contributed by atoms with Crippen LogP contribution in [-0.2, 0) is 4.74 Å². The van der Waals surface area contributed by atoms with Crippen LogP contribution in [0.5, 0.6) is 0 Å². The number of ether oxygens (including phenoxy) is 1. The maximum absolute atomic E-state index is 13.5. The molecular formula is C15H24FNO2. The molecule has 108 valence electrons. The molecule has 1 N–H and O–H groups in total. The lowest BCUT2D eigenvalue weighted by atomic mass is 10.1. The maximum Gasteiger partial charge on any atom is 0.128 e. The Morgan fingerprint density at radius 3 is 2.58 bits per heavy atom. The minimum atomic E-state index is -0.755. The molecule has 0 heterocycles. The number of benzene rings is 1. The molecule has 0 saturated heterocycles. The van der Waals surface area contributed by atoms with Crippen molar-refractivity contribution in [1.82, 2.24) is 4.90 Å². The Labute approximate surface area is 115 Å². The monoisotopic (exact) mass is 269 g/mol. The van der Waals surface area contributed by atoms with Crippen molar-refractivity contribution in [3.05, 3.63) is 35.6 Å². The maximum atomic E-state index is 13.5. The average molecular weight is 269 g/mol. The molecule has 1 aromatic carbocycles. The van der Waals surface area contributed by atoms with Crippen LogP contribution in [0.3, 0.4) is 0 Å². The van der Waals surface area contributed by atoms with Crippen molar-refractivity contribution in [1.29, 1.82) is 0 Å². The first-order chi connectivity index (χ1) is 9.00. The molecule has 0 aliphatic carbocycles. The third-order valence-electron chi connectivity index (χ3n) is 2.97. The molecule has 0 spiro atoms. The summed E-state index contributed by atoms with van der Waals surface area (Å²) >= 11 is 0. The lowest BCUT2D eigenvalue weighted by Gasteiger charge is -2.19. The molecule has 0 amide bonds. The van der Waals surface area contributed by atoms with E-state index >= 15 is 0 Å². The summed E-state index contributed by atoms with van der Waals surface area (Å²) in [5, 5.41) is 9.97. The summed E-state index contributed by atoms with van der Waals surface area (Å²) in [6.45, 7) is 6.19. The predicted molar refractivity (Wildman–Crippen MR) is 74.6 cm³/mol. The summed E-state index contributed by atoms with van der Waals surface area (Å²) in [6, 6.07) is 6.36. The first-order valence-electron chi connectivity index (χ1n) is 6.73. The van der Waals surface area contributed by atoms with Gasteiger partial charge in [-0.1, -0.05) is 18.2 Å². The molecule has 0 aliphatic rings. The van der Waals surface area contributed by atoms with E-state index in [1.807, 2.05) is 20.9 Å². The van der Waals surface area contributed by atoms with Gasteiger partial charge in [0.1, 0.15) is 5.82 Å². The molecule has 0 aromatic heterocycles. The fourth-order valence-corrected chi connectivity index (χ4v) is 1.80. The van der Waals surface area contributed by atoms with Crippen LogP contribution < -0.4 is 0 Å². The Kier molecular flexibility index (Phi) is 6.99. The number of likely N-dealkylation sites (N-methyl/N-ethyl adjacent to an activating group) is 1. The number of hydrogen-bond acceptors (Lipinski definition) is 3. The minimum absolute atomic E-state index is 0.234. The Hall–Kier alpha value is -0.970. The summed E-state index contributed by atoms with van der Waals surface area (Å²) < 4.78 is 18.9. The molecule has 0 saturated carbocycles. The molecule has 3 nitrogen and oxygen atoms in total. The van der Waals surface area contributed by atoms with Crippen LogP contribution >= 0.6 is 0 Å². The van der Waals surface area contributed by atoms with Gasteiger partial charge in [-0.2, -0.15) is 0 Å². The number of aliphatic hydroxyl groups is 1. The fraction of sp³-hybridized carbons (Fsp3) is 0.600. The smallest absolute Gasteiger partial charge is 0.128 e. The van der Waals surface area contributed by atoms with E-state index in [-0.39, 0.29) is 11.9 Å². The van der Waals surface area contributed by atoms with Gasteiger partial charge >= 0.3 is 0 Å². The third kappa shape index (κ3) is 6.14. The van der Waals surface area contributed by atoms with E-state index in [9.17, 15) is 9.50 Å². The molecule has 1 atom stereocenters. The Balaban J connectivity index is 2.30. The van der Waals surface area contributed by atoms with Crippen molar-refractivity contribution >= 4 is 0 Å². The Morgan fingerprint density at radius 1 is 1.26 bits per heavy atom. The van der Waals surface area contributed by atoms with Crippen LogP contribution in [0.25, 0.3) is 0 Å². The number of nitrogens with zero attached hydrogens (tertiary/aromatic N) is 1. The quantitative estimate of drug-likeness (QED) is 0.787. The van der Waals surface area contributed by atoms with E-state index in [2.05, 4.69) is 4.90 Å². The van der Waals surface area contributed by atoms with Crippen molar-refractivity contribution in [2.75, 3.05) is 26.7 Å². The second-order valence-corrected chi connectivity index (χ2v) is 5.05. The number of hydrogen-bond donors (Lipinski definition) is 1. The standard InChI is InChI=1S/C15H24FNO2/c1-12(2)19-11-10-17(3)9-8-15(18)13-6-4-5-7-14(13)16/h4-7,12,15,18H,8-11H2,1-3H3. The second-order valence-electron chi connectivity index (χ2n) is 5.05. The van der Waals surface area contributed by atoms with Crippen LogP contribution in [0.2, 0.25) is 0 Å². The SMILES string of the molecule is CC(C)OCCN(C)CCC(O)c1ccccc1F. The van der Waals surface area contributed by atoms with Gasteiger partial charge in [-0.25, -0.2) is 4.39 Å². The topological polar surface area (TPSA) is 32.7 Å². The van der Waals surface area contributed by atoms with Crippen LogP contribution in [-0.4, -0.2) is 42.9 Å². The van der Waals surface area contributed by atoms with Gasteiger partial charge in [0.05, 0.1) is 18.8 Å². The van der Waals surface area contributed by atoms with Gasteiger partial charge in [0, 0.05) is 18.7 Å². The fourth-order valence-electron chi connectivity index (χ4n) is 1.80. The van der Waals surface area contributed by atoms with Gasteiger partial charge in [0.2, 0.25) is 0 Å². The largest absolute Gasteiger partial charge is 0.388 e. The first-order valence-corrected chi connectivity index (χ1v) is 6.73. The minimum Gasteiger partial charge on any atom is -0.388 e. The number of aliphatic hydroxyl groups excluding tert-OH is 1. The molecule has 0 radical (unpaired) electrons. The molecule has 19 heavy (non-hydrogen) atoms. The van der Waals surface area contributed by atoms with Gasteiger partial charge in [-0.05, 0) is 33.4 Å². The van der Waals surface area contributed by atoms with Crippen LogP contribution in [0.15, 0.2) is 24.3 Å². The van der Waals surface area contributed by atoms with Gasteiger partial charge in [-0.15, -0.1) is 0 Å². The summed E-state index contributed by atoms with van der Waals surface area (Å²) in [6.07, 6.45) is -0.00822. The third-order valence-corrected chi connectivity index (χ3v) is 2.97. The Bertz CT molecular complexity index is 371. The van der Waals surface area contributed by atoms with Gasteiger partial charge in [-0.3, -0.25) is 0 Å². The van der Waals surface area contributed by atoms with Gasteiger partial charge in [0.25, 0.3) is 0 Å². The van der Waals surface area contributed by atoms with E-state index in [1.165, 1.54) is 6.07 Å². The zero-order chi connectivity index (χ0) is 14.3. The van der Waals surface area contributed by atoms with E-state index in [0.29, 0.717) is 25.1 Å². The highest BCUT2D eigenvalue weighted by atomic mass is 19.1. The second kappa shape index (κ2) is 8.25. The zero-order valence-electron chi connectivity index (χ0n) is 12.0. The lowest BCUT2D eigenvalue weighted by Crippen LogP contribution is -2.26. The molecule has 0 bridgehead atoms. The molecule has 1 aromatic rings. The average Bonchev–Trinajstić information content (AvgIpc) is 2.36. The molecule has 4 heteroatoms. The number of rotatable bonds is 8. The molecule has 1 rings (SSSR count). The lowest BCUT2D eigenvalue weighted by molar-refractivity contribution is 0.0600. The van der Waals surface area contributed by atoms with E-state index in [1.54, 1.807) is 18.2 Å². The van der Waals surface area contributed by atoms with Crippen molar-refractivity contribution in [2.24, 2.45) is 0 Å². The summed E-state index contributed by atoms with van der Waals surface area (Å²) in [7, 11) is 1.97. The summed E-state index contributed by atoms with van der Waals surface area (Å²) in [4.78, 5) is 2.08. The van der Waals surface area contributed by atoms with Gasteiger partial charge < -0.3 is 14.7 Å². The van der Waals surface area contributed by atoms with Crippen molar-refractivity contribution in [2.45, 2.75) is 32.5 Å². The van der Waals surface area contributed by atoms with Crippen molar-refractivity contribution < 1.29 is 14.2 Å². The van der Waals surface area contributed by atoms with E-state index in [4.69, 9.17) is 4.74 Å². The molecule has 0 fully saturated rings. The highest BCUT2D eigenvalue weighted by molar-refractivity contribution is 5.19. The Morgan fingerprint density at radius 2 is 1.95 bits per heavy atom. The highest BCUT2D eigenvalue weighted by Gasteiger charge is 2.12.